The Morgan fingerprint density at radius 3 is 2.34 bits per heavy atom. The summed E-state index contributed by atoms with van der Waals surface area (Å²) in [6.45, 7) is 5.12. The quantitative estimate of drug-likeness (QED) is 0.367. The fourth-order valence-electron chi connectivity index (χ4n) is 2.89. The van der Waals surface area contributed by atoms with Crippen LogP contribution in [0.4, 0.5) is 5.69 Å². The van der Waals surface area contributed by atoms with E-state index in [-0.39, 0.29) is 6.61 Å². The second-order valence-electron chi connectivity index (χ2n) is 6.75. The molecule has 29 heavy (non-hydrogen) atoms. The summed E-state index contributed by atoms with van der Waals surface area (Å²) < 4.78 is 12.3. The average molecular weight is 495 g/mol. The summed E-state index contributed by atoms with van der Waals surface area (Å²) in [6.07, 6.45) is 0. The molecule has 152 valence electrons. The molecule has 0 atom stereocenters. The lowest BCUT2D eigenvalue weighted by Crippen LogP contribution is -2.03. The van der Waals surface area contributed by atoms with Crippen molar-refractivity contribution < 1.29 is 9.47 Å². The Balaban J connectivity index is 1.75. The summed E-state index contributed by atoms with van der Waals surface area (Å²) in [5.74, 6) is 1.25. The molecule has 0 saturated carbocycles. The molecule has 3 rings (SSSR count). The van der Waals surface area contributed by atoms with Crippen LogP contribution in [0.5, 0.6) is 11.5 Å². The highest BCUT2D eigenvalue weighted by molar-refractivity contribution is 9.10. The summed E-state index contributed by atoms with van der Waals surface area (Å²) in [7, 11) is 1.62. The maximum Gasteiger partial charge on any atom is 0.175 e. The van der Waals surface area contributed by atoms with Crippen LogP contribution in [0.25, 0.3) is 0 Å². The summed E-state index contributed by atoms with van der Waals surface area (Å²) in [5, 5.41) is 4.59. The van der Waals surface area contributed by atoms with Gasteiger partial charge in [-0.15, -0.1) is 0 Å². The molecule has 3 nitrogen and oxygen atoms in total. The molecular formula is C23H22BrCl2NO2. The van der Waals surface area contributed by atoms with Gasteiger partial charge in [-0.2, -0.15) is 0 Å². The number of anilines is 1. The number of ether oxygens (including phenoxy) is 2. The van der Waals surface area contributed by atoms with Gasteiger partial charge in [0.2, 0.25) is 0 Å². The van der Waals surface area contributed by atoms with Crippen LogP contribution in [0.1, 0.15) is 22.3 Å². The highest BCUT2D eigenvalue weighted by Gasteiger charge is 2.14. The van der Waals surface area contributed by atoms with E-state index in [0.717, 1.165) is 21.3 Å². The van der Waals surface area contributed by atoms with Crippen molar-refractivity contribution in [2.45, 2.75) is 27.0 Å². The standard InChI is InChI=1S/C23H22BrCl2NO2/c1-14-7-8-17(9-15(14)2)27-12-16-10-19(24)23(22(11-16)28-3)29-13-18-20(25)5-4-6-21(18)26/h4-11,27H,12-13H2,1-3H3. The normalized spacial score (nSPS) is 10.7. The highest BCUT2D eigenvalue weighted by atomic mass is 79.9. The summed E-state index contributed by atoms with van der Waals surface area (Å²) >= 11 is 16.1. The molecule has 0 bridgehead atoms. The second-order valence-corrected chi connectivity index (χ2v) is 8.42. The number of hydrogen-bond acceptors (Lipinski definition) is 3. The Labute approximate surface area is 190 Å². The number of methoxy groups -OCH3 is 1. The first-order valence-corrected chi connectivity index (χ1v) is 10.7. The van der Waals surface area contributed by atoms with Gasteiger partial charge in [0.15, 0.2) is 11.5 Å². The zero-order chi connectivity index (χ0) is 21.0. The fraction of sp³-hybridized carbons (Fsp3) is 0.217. The van der Waals surface area contributed by atoms with Gasteiger partial charge in [-0.3, -0.25) is 0 Å². The van der Waals surface area contributed by atoms with Crippen LogP contribution in [-0.4, -0.2) is 7.11 Å². The van der Waals surface area contributed by atoms with Crippen LogP contribution in [0.2, 0.25) is 10.0 Å². The van der Waals surface area contributed by atoms with E-state index < -0.39 is 0 Å². The smallest absolute Gasteiger partial charge is 0.175 e. The molecule has 0 aliphatic heterocycles. The molecule has 0 saturated heterocycles. The lowest BCUT2D eigenvalue weighted by molar-refractivity contribution is 0.282. The lowest BCUT2D eigenvalue weighted by atomic mass is 10.1. The van der Waals surface area contributed by atoms with Crippen LogP contribution in [-0.2, 0) is 13.2 Å². The van der Waals surface area contributed by atoms with Gasteiger partial charge in [0.05, 0.1) is 11.6 Å². The van der Waals surface area contributed by atoms with Crippen molar-refractivity contribution in [3.63, 3.8) is 0 Å². The Morgan fingerprint density at radius 1 is 0.966 bits per heavy atom. The van der Waals surface area contributed by atoms with Crippen molar-refractivity contribution >= 4 is 44.8 Å². The Kier molecular flexibility index (Phi) is 7.33. The Hall–Kier alpha value is -1.88. The predicted octanol–water partition coefficient (Wildman–Crippen LogP) is 7.57. The van der Waals surface area contributed by atoms with E-state index >= 15 is 0 Å². The van der Waals surface area contributed by atoms with Crippen molar-refractivity contribution in [3.05, 3.63) is 85.3 Å². The lowest BCUT2D eigenvalue weighted by Gasteiger charge is -2.16. The molecule has 0 aliphatic rings. The molecule has 0 aromatic heterocycles. The Morgan fingerprint density at radius 2 is 1.69 bits per heavy atom. The molecular weight excluding hydrogens is 473 g/mol. The van der Waals surface area contributed by atoms with E-state index in [4.69, 9.17) is 32.7 Å². The molecule has 3 aromatic carbocycles. The van der Waals surface area contributed by atoms with Gasteiger partial charge >= 0.3 is 0 Å². The van der Waals surface area contributed by atoms with Gasteiger partial charge in [0.25, 0.3) is 0 Å². The van der Waals surface area contributed by atoms with Crippen molar-refractivity contribution in [3.8, 4) is 11.5 Å². The van der Waals surface area contributed by atoms with Crippen molar-refractivity contribution in [1.29, 1.82) is 0 Å². The topological polar surface area (TPSA) is 30.5 Å². The molecule has 1 N–H and O–H groups in total. The highest BCUT2D eigenvalue weighted by Crippen LogP contribution is 2.38. The minimum absolute atomic E-state index is 0.244. The molecule has 3 aromatic rings. The SMILES string of the molecule is COc1cc(CNc2ccc(C)c(C)c2)cc(Br)c1OCc1c(Cl)cccc1Cl. The average Bonchev–Trinajstić information content (AvgIpc) is 2.69. The van der Waals surface area contributed by atoms with E-state index in [2.05, 4.69) is 53.3 Å². The number of halogens is 3. The van der Waals surface area contributed by atoms with E-state index in [9.17, 15) is 0 Å². The maximum atomic E-state index is 6.24. The van der Waals surface area contributed by atoms with Crippen molar-refractivity contribution in [2.24, 2.45) is 0 Å². The molecule has 0 radical (unpaired) electrons. The fourth-order valence-corrected chi connectivity index (χ4v) is 4.00. The summed E-state index contributed by atoms with van der Waals surface area (Å²) in [4.78, 5) is 0. The number of aryl methyl sites for hydroxylation is 2. The summed E-state index contributed by atoms with van der Waals surface area (Å²) in [6, 6.07) is 15.7. The van der Waals surface area contributed by atoms with Crippen LogP contribution < -0.4 is 14.8 Å². The van der Waals surface area contributed by atoms with E-state index in [1.807, 2.05) is 18.2 Å². The molecule has 0 heterocycles. The molecule has 0 aliphatic carbocycles. The minimum atomic E-state index is 0.244. The van der Waals surface area contributed by atoms with E-state index in [0.29, 0.717) is 28.1 Å². The van der Waals surface area contributed by atoms with Gasteiger partial charge in [-0.1, -0.05) is 35.3 Å². The Bertz CT molecular complexity index is 1000. The molecule has 0 amide bonds. The van der Waals surface area contributed by atoms with Crippen LogP contribution in [0.3, 0.4) is 0 Å². The second kappa shape index (κ2) is 9.75. The number of hydrogen-bond donors (Lipinski definition) is 1. The largest absolute Gasteiger partial charge is 0.493 e. The maximum absolute atomic E-state index is 6.24. The first-order chi connectivity index (χ1) is 13.9. The van der Waals surface area contributed by atoms with Crippen LogP contribution in [0, 0.1) is 13.8 Å². The zero-order valence-corrected chi connectivity index (χ0v) is 19.6. The third-order valence-corrected chi connectivity index (χ3v) is 6.01. The van der Waals surface area contributed by atoms with Gasteiger partial charge in [-0.25, -0.2) is 0 Å². The number of nitrogens with one attached hydrogen (secondary N) is 1. The zero-order valence-electron chi connectivity index (χ0n) is 16.5. The van der Waals surface area contributed by atoms with Crippen molar-refractivity contribution in [2.75, 3.05) is 12.4 Å². The van der Waals surface area contributed by atoms with Gasteiger partial charge in [-0.05, 0) is 82.9 Å². The van der Waals surface area contributed by atoms with Crippen LogP contribution in [0.15, 0.2) is 53.0 Å². The monoisotopic (exact) mass is 493 g/mol. The van der Waals surface area contributed by atoms with E-state index in [1.165, 1.54) is 11.1 Å². The number of benzene rings is 3. The summed E-state index contributed by atoms with van der Waals surface area (Å²) in [5.41, 5.74) is 5.42. The third-order valence-electron chi connectivity index (χ3n) is 4.72. The third kappa shape index (κ3) is 5.39. The molecule has 0 unspecified atom stereocenters. The molecule has 0 fully saturated rings. The first-order valence-electron chi connectivity index (χ1n) is 9.12. The van der Waals surface area contributed by atoms with Gasteiger partial charge in [0.1, 0.15) is 6.61 Å². The van der Waals surface area contributed by atoms with Crippen LogP contribution >= 0.6 is 39.1 Å². The molecule has 0 spiro atoms. The molecule has 6 heteroatoms. The number of rotatable bonds is 7. The first kappa shape index (κ1) is 21.8. The van der Waals surface area contributed by atoms with Gasteiger partial charge in [0, 0.05) is 27.8 Å². The predicted molar refractivity (Wildman–Crippen MR) is 125 cm³/mol. The van der Waals surface area contributed by atoms with E-state index in [1.54, 1.807) is 19.2 Å². The van der Waals surface area contributed by atoms with Crippen molar-refractivity contribution in [1.82, 2.24) is 0 Å². The minimum Gasteiger partial charge on any atom is -0.493 e. The van der Waals surface area contributed by atoms with Gasteiger partial charge < -0.3 is 14.8 Å².